The number of benzene rings is 6. The van der Waals surface area contributed by atoms with E-state index in [1.165, 1.54) is 26.9 Å². The zero-order valence-electron chi connectivity index (χ0n) is 38.6. The van der Waals surface area contributed by atoms with Gasteiger partial charge in [-0.2, -0.15) is 0 Å². The first-order valence-corrected chi connectivity index (χ1v) is 24.4. The summed E-state index contributed by atoms with van der Waals surface area (Å²) < 4.78 is 54.2. The lowest BCUT2D eigenvalue weighted by molar-refractivity contribution is -0.297. The highest BCUT2D eigenvalue weighted by atomic mass is 16.6. The van der Waals surface area contributed by atoms with Gasteiger partial charge in [0.1, 0.15) is 42.7 Å². The molecule has 0 aliphatic carbocycles. The molecule has 11 rings (SSSR count). The van der Waals surface area contributed by atoms with Crippen LogP contribution >= 0.6 is 0 Å². The van der Waals surface area contributed by atoms with Crippen LogP contribution in [0.1, 0.15) is 36.0 Å². The third kappa shape index (κ3) is 10.5. The van der Waals surface area contributed by atoms with Crippen LogP contribution < -0.4 is 0 Å². The van der Waals surface area contributed by atoms with Crippen molar-refractivity contribution in [2.45, 2.75) is 112 Å². The molecule has 9 nitrogen and oxygen atoms in total. The molecule has 69 heavy (non-hydrogen) atoms. The lowest BCUT2D eigenvalue weighted by atomic mass is 9.87. The standard InChI is InChI=1S/C60H58O9/c1-2-10-51-50(61)27-28-52-53(66-51)29-30-54-56(67-52)34-57-59(69-54)60(64-37-41-21-24-44-13-5-8-16-47(44)33-41)58-55(68-57)18-9-17-48(65-58)25-26-49(63-36-40-20-23-43-12-4-7-15-46(43)32-40)38-62-35-39-19-22-42-11-3-6-14-45(42)31-39/h2-9,11-17,19-33,48-49,51-60H,1,10,18,34-38H2/b26-25+/t48-,49+,51-,52-,53+,54-,55+,56+,57-,58+,59-,60-/m1/s1. The van der Waals surface area contributed by atoms with Gasteiger partial charge in [0.15, 0.2) is 5.78 Å². The summed E-state index contributed by atoms with van der Waals surface area (Å²) in [5.74, 6) is -0.0894. The predicted octanol–water partition coefficient (Wildman–Crippen LogP) is 10.8. The van der Waals surface area contributed by atoms with Crippen molar-refractivity contribution >= 4 is 38.1 Å². The van der Waals surface area contributed by atoms with Gasteiger partial charge >= 0.3 is 0 Å². The molecular weight excluding hydrogens is 865 g/mol. The van der Waals surface area contributed by atoms with E-state index in [-0.39, 0.29) is 30.2 Å². The van der Waals surface area contributed by atoms with Crippen molar-refractivity contribution in [1.82, 2.24) is 0 Å². The van der Waals surface area contributed by atoms with E-state index < -0.39 is 48.8 Å². The molecular formula is C60H58O9. The van der Waals surface area contributed by atoms with E-state index in [4.69, 9.17) is 37.9 Å². The van der Waals surface area contributed by atoms with E-state index in [1.54, 1.807) is 12.2 Å². The first-order valence-electron chi connectivity index (χ1n) is 24.4. The summed E-state index contributed by atoms with van der Waals surface area (Å²) in [6.45, 7) is 5.42. The van der Waals surface area contributed by atoms with Crippen molar-refractivity contribution in [3.05, 3.63) is 205 Å². The number of hydrogen-bond donors (Lipinski definition) is 0. The van der Waals surface area contributed by atoms with Gasteiger partial charge in [-0.1, -0.05) is 152 Å². The summed E-state index contributed by atoms with van der Waals surface area (Å²) in [5.41, 5.74) is 3.25. The molecule has 2 fully saturated rings. The van der Waals surface area contributed by atoms with Gasteiger partial charge in [0.25, 0.3) is 0 Å². The molecule has 12 atom stereocenters. The maximum atomic E-state index is 12.8. The number of hydrogen-bond acceptors (Lipinski definition) is 9. The van der Waals surface area contributed by atoms with Crippen LogP contribution in [0.3, 0.4) is 0 Å². The second-order valence-corrected chi connectivity index (χ2v) is 18.7. The molecule has 6 aromatic carbocycles. The zero-order valence-corrected chi connectivity index (χ0v) is 38.6. The Morgan fingerprint density at radius 1 is 0.594 bits per heavy atom. The van der Waals surface area contributed by atoms with Gasteiger partial charge in [-0.05, 0) is 92.2 Å². The molecule has 9 heteroatoms. The number of ketones is 1. The highest BCUT2D eigenvalue weighted by molar-refractivity contribution is 5.94. The van der Waals surface area contributed by atoms with E-state index in [9.17, 15) is 4.79 Å². The number of carbonyl (C=O) groups excluding carboxylic acids is 1. The fraction of sp³-hybridized carbons (Fsp3) is 0.317. The van der Waals surface area contributed by atoms with Gasteiger partial charge in [-0.3, -0.25) is 4.79 Å². The van der Waals surface area contributed by atoms with Crippen LogP contribution in [0.25, 0.3) is 32.3 Å². The third-order valence-corrected chi connectivity index (χ3v) is 13.9. The molecule has 0 N–H and O–H groups in total. The SMILES string of the molecule is C=CC[C@H]1O[C@H]2C=C[C@H]3O[C@H]4[C@H](OCc5ccc6ccccc6c5)[C@H]5O[C@@H](/C=C/[C@@H](COCc6ccc7ccccc7c6)OCc6ccc7ccccc7c6)C=CC[C@@H]5O[C@@H]4C[C@@H]3O[C@@H]2C=CC1=O. The minimum atomic E-state index is -0.615. The average Bonchev–Trinajstić information content (AvgIpc) is 3.76. The summed E-state index contributed by atoms with van der Waals surface area (Å²) in [5, 5.41) is 7.09. The molecule has 0 amide bonds. The van der Waals surface area contributed by atoms with Crippen molar-refractivity contribution in [2.75, 3.05) is 6.61 Å². The molecule has 2 saturated heterocycles. The van der Waals surface area contributed by atoms with E-state index in [0.29, 0.717) is 45.7 Å². The van der Waals surface area contributed by atoms with Gasteiger partial charge in [0.05, 0.1) is 56.9 Å². The smallest absolute Gasteiger partial charge is 0.184 e. The van der Waals surface area contributed by atoms with Gasteiger partial charge in [0, 0.05) is 6.42 Å². The second-order valence-electron chi connectivity index (χ2n) is 18.7. The van der Waals surface area contributed by atoms with E-state index in [2.05, 4.69) is 158 Å². The monoisotopic (exact) mass is 922 g/mol. The van der Waals surface area contributed by atoms with Crippen molar-refractivity contribution < 1.29 is 42.7 Å². The lowest BCUT2D eigenvalue weighted by Crippen LogP contribution is -2.64. The first kappa shape index (κ1) is 45.6. The molecule has 0 aromatic heterocycles. The summed E-state index contributed by atoms with van der Waals surface area (Å²) in [4.78, 5) is 12.8. The second kappa shape index (κ2) is 21.0. The Bertz CT molecular complexity index is 2900. The molecule has 0 spiro atoms. The summed E-state index contributed by atoms with van der Waals surface area (Å²) in [6.07, 6.45) is 14.0. The molecule has 0 saturated carbocycles. The van der Waals surface area contributed by atoms with E-state index in [1.807, 2.05) is 18.2 Å². The van der Waals surface area contributed by atoms with Crippen LogP contribution in [0.4, 0.5) is 0 Å². The number of ether oxygens (including phenoxy) is 8. The average molecular weight is 923 g/mol. The normalized spacial score (nSPS) is 29.2. The highest BCUT2D eigenvalue weighted by Crippen LogP contribution is 2.41. The maximum Gasteiger partial charge on any atom is 0.184 e. The number of fused-ring (bicyclic) bond motifs is 7. The van der Waals surface area contributed by atoms with Crippen LogP contribution in [0.15, 0.2) is 189 Å². The molecule has 0 unspecified atom stereocenters. The molecule has 5 aliphatic rings. The van der Waals surface area contributed by atoms with Crippen LogP contribution in [-0.4, -0.2) is 85.6 Å². The zero-order chi connectivity index (χ0) is 46.5. The van der Waals surface area contributed by atoms with Crippen molar-refractivity contribution in [2.24, 2.45) is 0 Å². The van der Waals surface area contributed by atoms with Crippen molar-refractivity contribution in [3.63, 3.8) is 0 Å². The predicted molar refractivity (Wildman–Crippen MR) is 268 cm³/mol. The molecule has 352 valence electrons. The number of rotatable bonds is 14. The van der Waals surface area contributed by atoms with E-state index in [0.717, 1.165) is 22.1 Å². The van der Waals surface area contributed by atoms with Crippen LogP contribution in [0.5, 0.6) is 0 Å². The Hall–Kier alpha value is -5.85. The minimum Gasteiger partial charge on any atom is -0.374 e. The van der Waals surface area contributed by atoms with Crippen LogP contribution in [-0.2, 0) is 62.5 Å². The van der Waals surface area contributed by atoms with Crippen LogP contribution in [0, 0.1) is 0 Å². The largest absolute Gasteiger partial charge is 0.374 e. The van der Waals surface area contributed by atoms with Gasteiger partial charge in [-0.15, -0.1) is 6.58 Å². The van der Waals surface area contributed by atoms with Crippen molar-refractivity contribution in [3.8, 4) is 0 Å². The molecule has 5 aliphatic heterocycles. The molecule has 5 heterocycles. The van der Waals surface area contributed by atoms with Gasteiger partial charge in [0.2, 0.25) is 0 Å². The van der Waals surface area contributed by atoms with Gasteiger partial charge in [-0.25, -0.2) is 0 Å². The minimum absolute atomic E-state index is 0.0894. The highest BCUT2D eigenvalue weighted by Gasteiger charge is 2.54. The lowest BCUT2D eigenvalue weighted by Gasteiger charge is -2.51. The quantitative estimate of drug-likeness (QED) is 0.0991. The Morgan fingerprint density at radius 2 is 1.20 bits per heavy atom. The Morgan fingerprint density at radius 3 is 1.88 bits per heavy atom. The Kier molecular flexibility index (Phi) is 13.9. The molecule has 6 aromatic rings. The Labute approximate surface area is 403 Å². The maximum absolute atomic E-state index is 12.8. The van der Waals surface area contributed by atoms with Gasteiger partial charge < -0.3 is 37.9 Å². The molecule has 0 radical (unpaired) electrons. The van der Waals surface area contributed by atoms with E-state index >= 15 is 0 Å². The van der Waals surface area contributed by atoms with Crippen LogP contribution in [0.2, 0.25) is 0 Å². The fourth-order valence-corrected chi connectivity index (χ4v) is 10.3. The third-order valence-electron chi connectivity index (χ3n) is 13.9. The Balaban J connectivity index is 0.835. The number of carbonyl (C=O) groups is 1. The molecule has 0 bridgehead atoms. The summed E-state index contributed by atoms with van der Waals surface area (Å²) in [7, 11) is 0. The fourth-order valence-electron chi connectivity index (χ4n) is 10.3. The topological polar surface area (TPSA) is 90.9 Å². The van der Waals surface area contributed by atoms with Crippen molar-refractivity contribution in [1.29, 1.82) is 0 Å². The summed E-state index contributed by atoms with van der Waals surface area (Å²) >= 11 is 0. The summed E-state index contributed by atoms with van der Waals surface area (Å²) in [6, 6.07) is 44.4. The first-order chi connectivity index (χ1) is 34.0.